The molecule has 0 bridgehead atoms. The van der Waals surface area contributed by atoms with E-state index in [1.165, 1.54) is 0 Å². The third-order valence-corrected chi connectivity index (χ3v) is 2.67. The predicted molar refractivity (Wildman–Crippen MR) is 58.5 cm³/mol. The molecule has 14 heavy (non-hydrogen) atoms. The first-order valence-corrected chi connectivity index (χ1v) is 5.77. The van der Waals surface area contributed by atoms with Crippen molar-refractivity contribution in [3.63, 3.8) is 0 Å². The molecule has 0 amide bonds. The predicted octanol–water partition coefficient (Wildman–Crippen LogP) is 1.04. The van der Waals surface area contributed by atoms with Gasteiger partial charge in [-0.3, -0.25) is 4.79 Å². The number of piperazine rings is 1. The van der Waals surface area contributed by atoms with E-state index in [1.54, 1.807) is 0 Å². The van der Waals surface area contributed by atoms with E-state index in [9.17, 15) is 4.79 Å². The highest BCUT2D eigenvalue weighted by atomic mass is 16.1. The zero-order valence-corrected chi connectivity index (χ0v) is 9.22. The Morgan fingerprint density at radius 1 is 1.29 bits per heavy atom. The van der Waals surface area contributed by atoms with Crippen LogP contribution in [0.25, 0.3) is 0 Å². The third kappa shape index (κ3) is 4.72. The van der Waals surface area contributed by atoms with E-state index >= 15 is 0 Å². The van der Waals surface area contributed by atoms with Crippen molar-refractivity contribution >= 4 is 5.78 Å². The van der Waals surface area contributed by atoms with Gasteiger partial charge in [0.25, 0.3) is 0 Å². The molecular weight excluding hydrogens is 176 g/mol. The van der Waals surface area contributed by atoms with Gasteiger partial charge in [0.05, 0.1) is 0 Å². The lowest BCUT2D eigenvalue weighted by Crippen LogP contribution is -2.43. The highest BCUT2D eigenvalue weighted by Crippen LogP contribution is 2.01. The number of carbonyl (C=O) groups is 1. The molecule has 0 radical (unpaired) electrons. The fourth-order valence-corrected chi connectivity index (χ4v) is 1.84. The summed E-state index contributed by atoms with van der Waals surface area (Å²) < 4.78 is 0. The summed E-state index contributed by atoms with van der Waals surface area (Å²) in [5, 5.41) is 3.33. The van der Waals surface area contributed by atoms with Crippen molar-refractivity contribution in [3.05, 3.63) is 0 Å². The van der Waals surface area contributed by atoms with Crippen molar-refractivity contribution < 1.29 is 4.79 Å². The maximum Gasteiger partial charge on any atom is 0.132 e. The number of nitrogens with one attached hydrogen (secondary N) is 1. The van der Waals surface area contributed by atoms with E-state index in [0.29, 0.717) is 5.78 Å². The summed E-state index contributed by atoms with van der Waals surface area (Å²) in [4.78, 5) is 13.7. The molecule has 1 saturated heterocycles. The minimum atomic E-state index is 0.433. The molecule has 1 rings (SSSR count). The Morgan fingerprint density at radius 3 is 2.64 bits per heavy atom. The molecule has 1 aliphatic rings. The van der Waals surface area contributed by atoms with Crippen LogP contribution in [0.2, 0.25) is 0 Å². The molecule has 0 aliphatic carbocycles. The second kappa shape index (κ2) is 6.96. The monoisotopic (exact) mass is 198 g/mol. The van der Waals surface area contributed by atoms with Gasteiger partial charge in [-0.25, -0.2) is 0 Å². The lowest BCUT2D eigenvalue weighted by Gasteiger charge is -2.26. The second-order valence-corrected chi connectivity index (χ2v) is 3.98. The number of ketones is 1. The van der Waals surface area contributed by atoms with Crippen LogP contribution in [0.3, 0.4) is 0 Å². The molecule has 0 spiro atoms. The van der Waals surface area contributed by atoms with Gasteiger partial charge in [0, 0.05) is 39.0 Å². The minimum Gasteiger partial charge on any atom is -0.314 e. The third-order valence-electron chi connectivity index (χ3n) is 2.67. The van der Waals surface area contributed by atoms with Gasteiger partial charge in [0.1, 0.15) is 5.78 Å². The zero-order valence-electron chi connectivity index (χ0n) is 9.22. The van der Waals surface area contributed by atoms with E-state index in [4.69, 9.17) is 0 Å². The molecule has 3 nitrogen and oxygen atoms in total. The Balaban J connectivity index is 1.99. The topological polar surface area (TPSA) is 32.3 Å². The smallest absolute Gasteiger partial charge is 0.132 e. The van der Waals surface area contributed by atoms with Gasteiger partial charge in [-0.05, 0) is 19.4 Å². The van der Waals surface area contributed by atoms with E-state index < -0.39 is 0 Å². The highest BCUT2D eigenvalue weighted by Gasteiger charge is 2.09. The quantitative estimate of drug-likeness (QED) is 0.692. The van der Waals surface area contributed by atoms with E-state index in [1.807, 2.05) is 0 Å². The summed E-state index contributed by atoms with van der Waals surface area (Å²) in [7, 11) is 0. The van der Waals surface area contributed by atoms with Gasteiger partial charge in [0.15, 0.2) is 0 Å². The van der Waals surface area contributed by atoms with Crippen molar-refractivity contribution in [2.45, 2.75) is 32.6 Å². The summed E-state index contributed by atoms with van der Waals surface area (Å²) >= 11 is 0. The van der Waals surface area contributed by atoms with E-state index in [-0.39, 0.29) is 0 Å². The first-order chi connectivity index (χ1) is 6.83. The number of nitrogens with zero attached hydrogens (tertiary/aromatic N) is 1. The first-order valence-electron chi connectivity index (χ1n) is 5.77. The van der Waals surface area contributed by atoms with Crippen LogP contribution in [0.15, 0.2) is 0 Å². The van der Waals surface area contributed by atoms with E-state index in [0.717, 1.165) is 58.4 Å². The fourth-order valence-electron chi connectivity index (χ4n) is 1.84. The summed E-state index contributed by atoms with van der Waals surface area (Å²) in [5.74, 6) is 0.433. The molecular formula is C11H22N2O. The van der Waals surface area contributed by atoms with Gasteiger partial charge in [-0.2, -0.15) is 0 Å². The van der Waals surface area contributed by atoms with Crippen LogP contribution in [-0.2, 0) is 4.79 Å². The van der Waals surface area contributed by atoms with Crippen LogP contribution >= 0.6 is 0 Å². The molecule has 0 atom stereocenters. The molecule has 3 heteroatoms. The van der Waals surface area contributed by atoms with Gasteiger partial charge in [-0.1, -0.05) is 6.92 Å². The molecule has 0 saturated carbocycles. The van der Waals surface area contributed by atoms with Gasteiger partial charge in [-0.15, -0.1) is 0 Å². The van der Waals surface area contributed by atoms with Crippen molar-refractivity contribution in [1.29, 1.82) is 0 Å². The van der Waals surface area contributed by atoms with E-state index in [2.05, 4.69) is 17.1 Å². The van der Waals surface area contributed by atoms with Crippen LogP contribution in [0.5, 0.6) is 0 Å². The fraction of sp³-hybridized carbons (Fsp3) is 0.909. The lowest BCUT2D eigenvalue weighted by molar-refractivity contribution is -0.119. The second-order valence-electron chi connectivity index (χ2n) is 3.98. The molecule has 1 aliphatic heterocycles. The van der Waals surface area contributed by atoms with Crippen LogP contribution in [0.1, 0.15) is 32.6 Å². The maximum atomic E-state index is 11.3. The Kier molecular flexibility index (Phi) is 5.80. The van der Waals surface area contributed by atoms with Crippen molar-refractivity contribution in [3.8, 4) is 0 Å². The molecule has 1 heterocycles. The molecule has 0 aromatic heterocycles. The number of rotatable bonds is 6. The number of carbonyl (C=O) groups excluding carboxylic acids is 1. The summed E-state index contributed by atoms with van der Waals surface area (Å²) in [5.41, 5.74) is 0. The van der Waals surface area contributed by atoms with Gasteiger partial charge < -0.3 is 10.2 Å². The van der Waals surface area contributed by atoms with Gasteiger partial charge >= 0.3 is 0 Å². The highest BCUT2D eigenvalue weighted by molar-refractivity contribution is 5.78. The molecule has 0 unspecified atom stereocenters. The average Bonchev–Trinajstić information content (AvgIpc) is 2.20. The SMILES string of the molecule is CCCC(=O)CCCN1CCNCC1. The normalized spacial score (nSPS) is 18.4. The molecule has 0 aromatic rings. The number of Topliss-reactive ketones (excluding diaryl/α,β-unsaturated/α-hetero) is 1. The van der Waals surface area contributed by atoms with Crippen LogP contribution < -0.4 is 5.32 Å². The van der Waals surface area contributed by atoms with Crippen LogP contribution in [-0.4, -0.2) is 43.4 Å². The number of hydrogen-bond donors (Lipinski definition) is 1. The van der Waals surface area contributed by atoms with Crippen molar-refractivity contribution in [2.75, 3.05) is 32.7 Å². The Labute approximate surface area is 86.9 Å². The Morgan fingerprint density at radius 2 is 2.00 bits per heavy atom. The van der Waals surface area contributed by atoms with Crippen molar-refractivity contribution in [1.82, 2.24) is 10.2 Å². The largest absolute Gasteiger partial charge is 0.314 e. The zero-order chi connectivity index (χ0) is 10.2. The molecule has 82 valence electrons. The Hall–Kier alpha value is -0.410. The lowest BCUT2D eigenvalue weighted by atomic mass is 10.1. The standard InChI is InChI=1S/C11H22N2O/c1-2-4-11(14)5-3-8-13-9-6-12-7-10-13/h12H,2-10H2,1H3. The number of hydrogen-bond acceptors (Lipinski definition) is 3. The van der Waals surface area contributed by atoms with Gasteiger partial charge in [0.2, 0.25) is 0 Å². The Bertz CT molecular complexity index is 165. The molecule has 0 aromatic carbocycles. The minimum absolute atomic E-state index is 0.433. The average molecular weight is 198 g/mol. The molecule has 1 fully saturated rings. The summed E-state index contributed by atoms with van der Waals surface area (Å²) in [6, 6.07) is 0. The first kappa shape index (κ1) is 11.7. The maximum absolute atomic E-state index is 11.3. The molecule has 1 N–H and O–H groups in total. The summed E-state index contributed by atoms with van der Waals surface area (Å²) in [6.45, 7) is 7.64. The van der Waals surface area contributed by atoms with Crippen LogP contribution in [0, 0.1) is 0 Å². The van der Waals surface area contributed by atoms with Crippen molar-refractivity contribution in [2.24, 2.45) is 0 Å². The summed E-state index contributed by atoms with van der Waals surface area (Å²) in [6.07, 6.45) is 3.57. The van der Waals surface area contributed by atoms with Crippen LogP contribution in [0.4, 0.5) is 0 Å².